The van der Waals surface area contributed by atoms with Gasteiger partial charge >= 0.3 is 0 Å². The molecule has 3 amide bonds. The Morgan fingerprint density at radius 1 is 1.00 bits per heavy atom. The normalized spacial score (nSPS) is 14.2. The summed E-state index contributed by atoms with van der Waals surface area (Å²) >= 11 is 25.4. The van der Waals surface area contributed by atoms with E-state index in [2.05, 4.69) is 5.32 Å². The summed E-state index contributed by atoms with van der Waals surface area (Å²) in [5, 5.41) is 3.56. The standard InChI is InChI=1S/C26H18Cl4N2O5S/c1-36-21-9-14(8-19(30)24(21)37-13-23(33)31-20-5-3-2-4-17(20)28)10-22-25(34)32(26(35)38-22)12-15-6-7-16(27)11-18(15)29/h2-11H,12-13H2,1H3,(H,31,33)/b22-10-. The number of carbonyl (C=O) groups excluding carboxylic acids is 3. The van der Waals surface area contributed by atoms with Gasteiger partial charge in [-0.15, -0.1) is 0 Å². The van der Waals surface area contributed by atoms with Crippen LogP contribution in [-0.2, 0) is 16.1 Å². The predicted octanol–water partition coefficient (Wildman–Crippen LogP) is 7.56. The van der Waals surface area contributed by atoms with Gasteiger partial charge in [0.1, 0.15) is 0 Å². The SMILES string of the molecule is COc1cc(/C=C2\SC(=O)N(Cc3ccc(Cl)cc3Cl)C2=O)cc(Cl)c1OCC(=O)Nc1ccccc1Cl. The molecule has 0 aliphatic carbocycles. The summed E-state index contributed by atoms with van der Waals surface area (Å²) in [6.45, 7) is -0.349. The molecule has 4 rings (SSSR count). The molecule has 1 heterocycles. The average molecular weight is 612 g/mol. The number of amides is 3. The first-order valence-corrected chi connectivity index (χ1v) is 13.2. The average Bonchev–Trinajstić information content (AvgIpc) is 3.13. The van der Waals surface area contributed by atoms with Crippen LogP contribution in [0.3, 0.4) is 0 Å². The van der Waals surface area contributed by atoms with Crippen molar-refractivity contribution in [3.63, 3.8) is 0 Å². The van der Waals surface area contributed by atoms with Crippen molar-refractivity contribution in [1.82, 2.24) is 4.90 Å². The quantitative estimate of drug-likeness (QED) is 0.265. The molecule has 0 spiro atoms. The molecule has 0 unspecified atom stereocenters. The topological polar surface area (TPSA) is 84.9 Å². The Hall–Kier alpha value is -2.88. The molecule has 3 aromatic rings. The third-order valence-corrected chi connectivity index (χ3v) is 7.37. The Kier molecular flexibility index (Phi) is 9.12. The number of hydrogen-bond acceptors (Lipinski definition) is 6. The van der Waals surface area contributed by atoms with Gasteiger partial charge in [-0.1, -0.05) is 64.6 Å². The van der Waals surface area contributed by atoms with Crippen LogP contribution in [0.5, 0.6) is 11.5 Å². The second-order valence-corrected chi connectivity index (χ2v) is 10.5. The first kappa shape index (κ1) is 28.1. The zero-order valence-corrected chi connectivity index (χ0v) is 23.4. The van der Waals surface area contributed by atoms with E-state index in [-0.39, 0.29) is 34.6 Å². The maximum Gasteiger partial charge on any atom is 0.293 e. The molecule has 1 N–H and O–H groups in total. The van der Waals surface area contributed by atoms with Crippen molar-refractivity contribution in [2.45, 2.75) is 6.54 Å². The van der Waals surface area contributed by atoms with Gasteiger partial charge in [0, 0.05) is 10.0 Å². The van der Waals surface area contributed by atoms with Crippen LogP contribution < -0.4 is 14.8 Å². The third-order valence-electron chi connectivity index (χ3n) is 5.26. The maximum atomic E-state index is 13.0. The number of rotatable bonds is 8. The second kappa shape index (κ2) is 12.3. The smallest absolute Gasteiger partial charge is 0.293 e. The fraction of sp³-hybridized carbons (Fsp3) is 0.115. The number of anilines is 1. The monoisotopic (exact) mass is 610 g/mol. The van der Waals surface area contributed by atoms with E-state index in [1.165, 1.54) is 19.3 Å². The molecule has 0 atom stereocenters. The van der Waals surface area contributed by atoms with Crippen LogP contribution in [0.4, 0.5) is 10.5 Å². The Morgan fingerprint density at radius 3 is 2.47 bits per heavy atom. The van der Waals surface area contributed by atoms with E-state index in [4.69, 9.17) is 55.9 Å². The molecule has 1 aliphatic heterocycles. The van der Waals surface area contributed by atoms with Gasteiger partial charge in [-0.05, 0) is 65.4 Å². The number of nitrogens with one attached hydrogen (secondary N) is 1. The first-order chi connectivity index (χ1) is 18.2. The molecule has 7 nitrogen and oxygen atoms in total. The number of carbonyl (C=O) groups is 3. The Balaban J connectivity index is 1.48. The van der Waals surface area contributed by atoms with E-state index in [9.17, 15) is 14.4 Å². The number of para-hydroxylation sites is 1. The van der Waals surface area contributed by atoms with Crippen molar-refractivity contribution in [2.24, 2.45) is 0 Å². The number of ether oxygens (including phenoxy) is 2. The van der Waals surface area contributed by atoms with E-state index >= 15 is 0 Å². The van der Waals surface area contributed by atoms with Crippen LogP contribution in [0.2, 0.25) is 20.1 Å². The largest absolute Gasteiger partial charge is 0.493 e. The minimum atomic E-state index is -0.474. The molecule has 3 aromatic carbocycles. The Labute approximate surface area is 242 Å². The second-order valence-electron chi connectivity index (χ2n) is 7.85. The third kappa shape index (κ3) is 6.57. The van der Waals surface area contributed by atoms with Gasteiger partial charge in [0.25, 0.3) is 17.1 Å². The summed E-state index contributed by atoms with van der Waals surface area (Å²) in [4.78, 5) is 39.1. The van der Waals surface area contributed by atoms with E-state index in [0.717, 1.165) is 16.7 Å². The van der Waals surface area contributed by atoms with Crippen LogP contribution in [-0.4, -0.2) is 35.7 Å². The lowest BCUT2D eigenvalue weighted by Crippen LogP contribution is -2.27. The van der Waals surface area contributed by atoms with Crippen molar-refractivity contribution in [3.8, 4) is 11.5 Å². The molecule has 0 aromatic heterocycles. The summed E-state index contributed by atoms with van der Waals surface area (Å²) in [5.74, 6) is -0.542. The zero-order valence-electron chi connectivity index (χ0n) is 19.6. The highest BCUT2D eigenvalue weighted by atomic mass is 35.5. The number of thioether (sulfide) groups is 1. The van der Waals surface area contributed by atoms with Gasteiger partial charge in [0.2, 0.25) is 0 Å². The number of hydrogen-bond donors (Lipinski definition) is 1. The number of halogens is 4. The van der Waals surface area contributed by atoms with Gasteiger partial charge in [0.15, 0.2) is 18.1 Å². The van der Waals surface area contributed by atoms with Crippen LogP contribution >= 0.6 is 58.2 Å². The van der Waals surface area contributed by atoms with Crippen LogP contribution in [0, 0.1) is 0 Å². The number of nitrogens with zero attached hydrogens (tertiary/aromatic N) is 1. The van der Waals surface area contributed by atoms with Crippen LogP contribution in [0.15, 0.2) is 59.5 Å². The molecule has 0 bridgehead atoms. The molecule has 0 radical (unpaired) electrons. The van der Waals surface area contributed by atoms with Crippen LogP contribution in [0.1, 0.15) is 11.1 Å². The molecular formula is C26H18Cl4N2O5S. The highest BCUT2D eigenvalue weighted by Gasteiger charge is 2.35. The van der Waals surface area contributed by atoms with E-state index in [1.54, 1.807) is 48.5 Å². The molecule has 1 fully saturated rings. The molecule has 38 heavy (non-hydrogen) atoms. The van der Waals surface area contributed by atoms with Crippen molar-refractivity contribution in [2.75, 3.05) is 19.0 Å². The molecule has 0 saturated carbocycles. The minimum absolute atomic E-state index is 0.00508. The molecule has 12 heteroatoms. The summed E-state index contributed by atoms with van der Waals surface area (Å²) in [6.07, 6.45) is 1.52. The minimum Gasteiger partial charge on any atom is -0.493 e. The van der Waals surface area contributed by atoms with E-state index in [1.807, 2.05) is 0 Å². The fourth-order valence-corrected chi connectivity index (χ4v) is 5.22. The summed E-state index contributed by atoms with van der Waals surface area (Å²) in [5.41, 5.74) is 1.53. The predicted molar refractivity (Wildman–Crippen MR) is 152 cm³/mol. The molecule has 196 valence electrons. The highest BCUT2D eigenvalue weighted by Crippen LogP contribution is 2.39. The Bertz CT molecular complexity index is 1460. The van der Waals surface area contributed by atoms with E-state index in [0.29, 0.717) is 31.9 Å². The maximum absolute atomic E-state index is 13.0. The molecule has 1 aliphatic rings. The number of methoxy groups -OCH3 is 1. The highest BCUT2D eigenvalue weighted by molar-refractivity contribution is 8.18. The van der Waals surface area contributed by atoms with Gasteiger partial charge < -0.3 is 14.8 Å². The van der Waals surface area contributed by atoms with E-state index < -0.39 is 17.1 Å². The van der Waals surface area contributed by atoms with Crippen molar-refractivity contribution < 1.29 is 23.9 Å². The lowest BCUT2D eigenvalue weighted by molar-refractivity contribution is -0.123. The van der Waals surface area contributed by atoms with Gasteiger partial charge in [-0.3, -0.25) is 19.3 Å². The lowest BCUT2D eigenvalue weighted by atomic mass is 10.1. The molecular weight excluding hydrogens is 594 g/mol. The van der Waals surface area contributed by atoms with Gasteiger partial charge in [-0.25, -0.2) is 0 Å². The lowest BCUT2D eigenvalue weighted by Gasteiger charge is -2.14. The number of imide groups is 1. The van der Waals surface area contributed by atoms with Gasteiger partial charge in [-0.2, -0.15) is 0 Å². The number of benzene rings is 3. The van der Waals surface area contributed by atoms with Crippen molar-refractivity contribution in [3.05, 3.63) is 90.7 Å². The zero-order chi connectivity index (χ0) is 27.4. The van der Waals surface area contributed by atoms with Crippen molar-refractivity contribution in [1.29, 1.82) is 0 Å². The van der Waals surface area contributed by atoms with Crippen molar-refractivity contribution >= 4 is 87.0 Å². The Morgan fingerprint density at radius 2 is 1.76 bits per heavy atom. The molecule has 1 saturated heterocycles. The summed E-state index contributed by atoms with van der Waals surface area (Å²) < 4.78 is 11.0. The summed E-state index contributed by atoms with van der Waals surface area (Å²) in [7, 11) is 1.41. The van der Waals surface area contributed by atoms with Crippen LogP contribution in [0.25, 0.3) is 6.08 Å². The first-order valence-electron chi connectivity index (χ1n) is 10.9. The van der Waals surface area contributed by atoms with Gasteiger partial charge in [0.05, 0.1) is 34.3 Å². The fourth-order valence-electron chi connectivity index (χ4n) is 3.46. The summed E-state index contributed by atoms with van der Waals surface area (Å²) in [6, 6.07) is 14.8.